The molecular weight excluding hydrogens is 624 g/mol. The van der Waals surface area contributed by atoms with Gasteiger partial charge < -0.3 is 0 Å². The fourth-order valence-electron chi connectivity index (χ4n) is 5.96. The molecule has 0 aromatic heterocycles. The first-order valence-electron chi connectivity index (χ1n) is 19.8. The van der Waals surface area contributed by atoms with Crippen molar-refractivity contribution in [3.05, 3.63) is 12.2 Å². The van der Waals surface area contributed by atoms with Crippen LogP contribution in [0.5, 0.6) is 0 Å². The summed E-state index contributed by atoms with van der Waals surface area (Å²) in [5.74, 6) is 0.164. The Labute approximate surface area is 295 Å². The summed E-state index contributed by atoms with van der Waals surface area (Å²) < 4.78 is 22.6. The molecule has 0 saturated carbocycles. The monoisotopic (exact) mass is 700 g/mol. The van der Waals surface area contributed by atoms with Gasteiger partial charge in [-0.3, -0.25) is 0 Å². The molecule has 0 saturated heterocycles. The smallest absolute Gasteiger partial charge is 0.0628 e. The number of unbranched alkanes of at least 4 members (excludes halogenated alkanes) is 22. The van der Waals surface area contributed by atoms with Gasteiger partial charge in [0.2, 0.25) is 0 Å². The molecule has 0 fully saturated rings. The van der Waals surface area contributed by atoms with Crippen LogP contribution in [0.25, 0.3) is 0 Å². The van der Waals surface area contributed by atoms with Crippen LogP contribution in [0.4, 0.5) is 0 Å². The van der Waals surface area contributed by atoms with E-state index in [0.29, 0.717) is 12.8 Å². The van der Waals surface area contributed by atoms with Gasteiger partial charge in [0.05, 0.1) is 0 Å². The maximum absolute atomic E-state index is 13.3. The minimum absolute atomic E-state index is 0.0298. The van der Waals surface area contributed by atoms with Gasteiger partial charge in [-0.1, -0.05) is 79.1 Å². The Morgan fingerprint density at radius 1 is 0.468 bits per heavy atom. The van der Waals surface area contributed by atoms with Gasteiger partial charge in [-0.05, 0) is 11.8 Å². The van der Waals surface area contributed by atoms with Crippen LogP contribution in [0, 0.1) is 11.8 Å². The summed E-state index contributed by atoms with van der Waals surface area (Å²) >= 11 is -5.57. The van der Waals surface area contributed by atoms with E-state index >= 15 is 0 Å². The van der Waals surface area contributed by atoms with E-state index in [1.54, 1.807) is 0 Å². The van der Waals surface area contributed by atoms with Gasteiger partial charge in [-0.15, -0.1) is 0 Å². The minimum Gasteiger partial charge on any atom is -0.0628 e. The van der Waals surface area contributed by atoms with Gasteiger partial charge in [0.15, 0.2) is 0 Å². The van der Waals surface area contributed by atoms with Crippen molar-refractivity contribution in [3.8, 4) is 0 Å². The summed E-state index contributed by atoms with van der Waals surface area (Å²) in [4.78, 5) is 37.5. The molecule has 0 rings (SSSR count). The quantitative estimate of drug-likeness (QED) is 0.0377. The molecule has 7 heteroatoms. The van der Waals surface area contributed by atoms with E-state index < -0.39 is 33.4 Å². The summed E-state index contributed by atoms with van der Waals surface area (Å²) in [6.45, 7) is 14.1. The first-order valence-corrected chi connectivity index (χ1v) is 22.5. The summed E-state index contributed by atoms with van der Waals surface area (Å²) in [7, 11) is 0. The molecule has 0 spiro atoms. The van der Waals surface area contributed by atoms with Crippen LogP contribution in [0.2, 0.25) is 0 Å². The third-order valence-corrected chi connectivity index (χ3v) is 12.1. The Bertz CT molecular complexity index is 811. The topological polar surface area (TPSA) is 86.7 Å². The van der Waals surface area contributed by atoms with Crippen LogP contribution in [-0.2, 0) is 41.7 Å². The SMILES string of the molecule is C=C(C)[C](=O)[Ti](=[O])([O]C(=O)CCCCCCCCCCCCCCC(C)C)[O]C(=O)CCCCCCCCCCCCCCC(C)C. The maximum atomic E-state index is 13.3. The van der Waals surface area contributed by atoms with E-state index in [-0.39, 0.29) is 18.4 Å². The van der Waals surface area contributed by atoms with Crippen molar-refractivity contribution in [2.45, 2.75) is 214 Å². The molecule has 0 aromatic rings. The van der Waals surface area contributed by atoms with Crippen molar-refractivity contribution in [2.75, 3.05) is 0 Å². The molecule has 6 nitrogen and oxygen atoms in total. The fourth-order valence-corrected chi connectivity index (χ4v) is 8.38. The number of carbonyl (C=O) groups is 3. The Morgan fingerprint density at radius 2 is 0.702 bits per heavy atom. The third kappa shape index (κ3) is 29.5. The second-order valence-corrected chi connectivity index (χ2v) is 18.0. The van der Waals surface area contributed by atoms with Gasteiger partial charge in [-0.25, -0.2) is 0 Å². The normalized spacial score (nSPS) is 11.7. The zero-order valence-electron chi connectivity index (χ0n) is 31.6. The van der Waals surface area contributed by atoms with Gasteiger partial charge in [0.25, 0.3) is 0 Å². The average Bonchev–Trinajstić information content (AvgIpc) is 3.00. The Balaban J connectivity index is 4.02. The van der Waals surface area contributed by atoms with Gasteiger partial charge in [-0.2, -0.15) is 0 Å². The molecule has 0 unspecified atom stereocenters. The molecule has 0 aliphatic heterocycles. The van der Waals surface area contributed by atoms with E-state index in [0.717, 1.165) is 50.4 Å². The van der Waals surface area contributed by atoms with E-state index in [1.165, 1.54) is 122 Å². The van der Waals surface area contributed by atoms with Gasteiger partial charge in [0, 0.05) is 0 Å². The molecule has 0 N–H and O–H groups in total. The van der Waals surface area contributed by atoms with Crippen LogP contribution in [0.1, 0.15) is 214 Å². The third-order valence-electron chi connectivity index (χ3n) is 8.99. The molecule has 0 aliphatic rings. The second-order valence-electron chi connectivity index (χ2n) is 15.0. The van der Waals surface area contributed by atoms with Crippen LogP contribution in [0.3, 0.4) is 0 Å². The number of rotatable bonds is 34. The summed E-state index contributed by atoms with van der Waals surface area (Å²) in [5.41, 5.74) is -0.0298. The van der Waals surface area contributed by atoms with E-state index in [9.17, 15) is 17.7 Å². The number of hydrogen-bond acceptors (Lipinski definition) is 6. The molecule has 275 valence electrons. The first kappa shape index (κ1) is 45.9. The van der Waals surface area contributed by atoms with Crippen molar-refractivity contribution in [2.24, 2.45) is 11.8 Å². The van der Waals surface area contributed by atoms with Crippen molar-refractivity contribution >= 4 is 16.0 Å². The van der Waals surface area contributed by atoms with Crippen molar-refractivity contribution in [3.63, 3.8) is 0 Å². The van der Waals surface area contributed by atoms with Gasteiger partial charge in [0.1, 0.15) is 0 Å². The Morgan fingerprint density at radius 3 is 0.936 bits per heavy atom. The minimum atomic E-state index is -5.57. The van der Waals surface area contributed by atoms with Crippen molar-refractivity contribution < 1.29 is 41.7 Å². The summed E-state index contributed by atoms with van der Waals surface area (Å²) in [6.07, 6.45) is 31.1. The van der Waals surface area contributed by atoms with E-state index in [1.807, 2.05) is 0 Å². The van der Waals surface area contributed by atoms with Crippen LogP contribution in [0.15, 0.2) is 12.2 Å². The Kier molecular flexibility index (Phi) is 30.1. The summed E-state index contributed by atoms with van der Waals surface area (Å²) in [6, 6.07) is 0. The molecule has 0 radical (unpaired) electrons. The first-order chi connectivity index (χ1) is 22.5. The molecular formula is C40H75O6Ti. The second kappa shape index (κ2) is 30.9. The molecule has 0 atom stereocenters. The average molecular weight is 700 g/mol. The number of hydrogen-bond donors (Lipinski definition) is 0. The number of carbonyl (C=O) groups excluding carboxylic acids is 3. The predicted octanol–water partition coefficient (Wildman–Crippen LogP) is 12.7. The van der Waals surface area contributed by atoms with Crippen LogP contribution in [-0.4, -0.2) is 16.0 Å². The van der Waals surface area contributed by atoms with Crippen LogP contribution >= 0.6 is 0 Å². The molecule has 0 aromatic carbocycles. The standard InChI is InChI=1S/2C18H36O2.C4H5O.O.Ti/c2*1-17(2)15-13-11-9-7-5-3-4-6-8-10-12-14-16-18(19)20;1-4(2)3-5;;/h2*17H,3-16H2,1-2H3,(H,19,20);1H2,2H3;;/q;;;;+2/p-2. The number of allylic oxidation sites excluding steroid dienone is 1. The van der Waals surface area contributed by atoms with E-state index in [2.05, 4.69) is 34.3 Å². The van der Waals surface area contributed by atoms with Crippen molar-refractivity contribution in [1.82, 2.24) is 0 Å². The molecule has 0 aliphatic carbocycles. The predicted molar refractivity (Wildman–Crippen MR) is 192 cm³/mol. The van der Waals surface area contributed by atoms with Crippen LogP contribution < -0.4 is 0 Å². The molecule has 0 heterocycles. The van der Waals surface area contributed by atoms with Gasteiger partial charge >= 0.3 is 205 Å². The van der Waals surface area contributed by atoms with E-state index in [4.69, 9.17) is 6.64 Å². The molecule has 0 bridgehead atoms. The van der Waals surface area contributed by atoms with Crippen molar-refractivity contribution in [1.29, 1.82) is 0 Å². The molecule has 0 amide bonds. The zero-order chi connectivity index (χ0) is 35.2. The Hall–Kier alpha value is -1.14. The zero-order valence-corrected chi connectivity index (χ0v) is 33.2. The fraction of sp³-hybridized carbons (Fsp3) is 0.875. The summed E-state index contributed by atoms with van der Waals surface area (Å²) in [5, 5.41) is 0. The molecule has 47 heavy (non-hydrogen) atoms.